The number of amides is 1. The number of piperidine rings is 1. The number of carbonyl (C=O) groups excluding carboxylic acids is 1. The zero-order chi connectivity index (χ0) is 12.3. The molecule has 4 nitrogen and oxygen atoms in total. The summed E-state index contributed by atoms with van der Waals surface area (Å²) >= 11 is 1.83. The first-order chi connectivity index (χ1) is 8.18. The van der Waals surface area contributed by atoms with Crippen LogP contribution in [0.25, 0.3) is 0 Å². The summed E-state index contributed by atoms with van der Waals surface area (Å²) < 4.78 is 0. The van der Waals surface area contributed by atoms with E-state index in [-0.39, 0.29) is 24.3 Å². The van der Waals surface area contributed by atoms with Gasteiger partial charge in [-0.15, -0.1) is 0 Å². The van der Waals surface area contributed by atoms with Crippen LogP contribution in [0.3, 0.4) is 0 Å². The second-order valence-electron chi connectivity index (χ2n) is 4.84. The number of nitrogens with zero attached hydrogens (tertiary/aromatic N) is 1. The fourth-order valence-electron chi connectivity index (χ4n) is 2.67. The molecular weight excluding hydrogens is 238 g/mol. The number of likely N-dealkylation sites (tertiary alicyclic amines) is 1. The lowest BCUT2D eigenvalue weighted by Crippen LogP contribution is -2.47. The molecule has 2 heterocycles. The highest BCUT2D eigenvalue weighted by molar-refractivity contribution is 7.99. The minimum absolute atomic E-state index is 0.0700. The maximum Gasteiger partial charge on any atom is 0.305 e. The summed E-state index contributed by atoms with van der Waals surface area (Å²) in [7, 11) is 0. The van der Waals surface area contributed by atoms with Crippen molar-refractivity contribution >= 4 is 23.6 Å². The van der Waals surface area contributed by atoms with Crippen LogP contribution in [0.5, 0.6) is 0 Å². The standard InChI is InChI=1S/C12H19NO3S/c14-11(15)7-10-3-1-2-5-13(10)12(16)9-4-6-17-8-9/h9-10H,1-8H2,(H,14,15). The summed E-state index contributed by atoms with van der Waals surface area (Å²) in [4.78, 5) is 25.0. The van der Waals surface area contributed by atoms with E-state index in [0.29, 0.717) is 0 Å². The van der Waals surface area contributed by atoms with E-state index in [1.807, 2.05) is 16.7 Å². The SMILES string of the molecule is O=C(O)CC1CCCCN1C(=O)C1CCSC1. The first-order valence-electron chi connectivity index (χ1n) is 6.28. The summed E-state index contributed by atoms with van der Waals surface area (Å²) in [5.41, 5.74) is 0. The smallest absolute Gasteiger partial charge is 0.305 e. The Balaban J connectivity index is 1.99. The van der Waals surface area contributed by atoms with Crippen LogP contribution in [-0.2, 0) is 9.59 Å². The molecule has 2 unspecified atom stereocenters. The molecule has 2 fully saturated rings. The van der Waals surface area contributed by atoms with Gasteiger partial charge in [0.25, 0.3) is 0 Å². The van der Waals surface area contributed by atoms with Crippen LogP contribution in [-0.4, -0.2) is 46.0 Å². The molecule has 2 saturated heterocycles. The largest absolute Gasteiger partial charge is 0.481 e. The van der Waals surface area contributed by atoms with Crippen molar-refractivity contribution in [2.24, 2.45) is 5.92 Å². The fourth-order valence-corrected chi connectivity index (χ4v) is 3.88. The van der Waals surface area contributed by atoms with Crippen LogP contribution >= 0.6 is 11.8 Å². The molecule has 2 rings (SSSR count). The molecule has 0 bridgehead atoms. The minimum Gasteiger partial charge on any atom is -0.481 e. The number of aliphatic carboxylic acids is 1. The number of thioether (sulfide) groups is 1. The monoisotopic (exact) mass is 257 g/mol. The Labute approximate surface area is 106 Å². The lowest BCUT2D eigenvalue weighted by atomic mass is 9.96. The third-order valence-electron chi connectivity index (χ3n) is 3.60. The second-order valence-corrected chi connectivity index (χ2v) is 5.99. The molecule has 0 spiro atoms. The topological polar surface area (TPSA) is 57.6 Å². The van der Waals surface area contributed by atoms with Gasteiger partial charge in [0.05, 0.1) is 6.42 Å². The van der Waals surface area contributed by atoms with Gasteiger partial charge in [0.1, 0.15) is 0 Å². The van der Waals surface area contributed by atoms with Crippen molar-refractivity contribution < 1.29 is 14.7 Å². The van der Waals surface area contributed by atoms with Gasteiger partial charge in [-0.05, 0) is 31.4 Å². The van der Waals surface area contributed by atoms with Crippen molar-refractivity contribution in [2.45, 2.75) is 38.1 Å². The summed E-state index contributed by atoms with van der Waals surface area (Å²) in [5.74, 6) is 1.51. The normalized spacial score (nSPS) is 29.3. The molecule has 17 heavy (non-hydrogen) atoms. The Morgan fingerprint density at radius 3 is 2.76 bits per heavy atom. The van der Waals surface area contributed by atoms with Gasteiger partial charge in [-0.3, -0.25) is 9.59 Å². The van der Waals surface area contributed by atoms with E-state index < -0.39 is 5.97 Å². The molecule has 5 heteroatoms. The average Bonchev–Trinajstić information content (AvgIpc) is 2.81. The van der Waals surface area contributed by atoms with Crippen molar-refractivity contribution in [1.29, 1.82) is 0 Å². The van der Waals surface area contributed by atoms with Crippen LogP contribution in [0.4, 0.5) is 0 Å². The first-order valence-corrected chi connectivity index (χ1v) is 7.44. The lowest BCUT2D eigenvalue weighted by molar-refractivity contribution is -0.143. The Kier molecular flexibility index (Phi) is 4.31. The lowest BCUT2D eigenvalue weighted by Gasteiger charge is -2.36. The molecule has 0 aromatic heterocycles. The van der Waals surface area contributed by atoms with Crippen molar-refractivity contribution in [1.82, 2.24) is 4.90 Å². The zero-order valence-electron chi connectivity index (χ0n) is 9.93. The summed E-state index contributed by atoms with van der Waals surface area (Å²) in [6.45, 7) is 0.748. The maximum atomic E-state index is 12.3. The molecule has 96 valence electrons. The highest BCUT2D eigenvalue weighted by Crippen LogP contribution is 2.28. The summed E-state index contributed by atoms with van der Waals surface area (Å²) in [5, 5.41) is 8.89. The first kappa shape index (κ1) is 12.7. The van der Waals surface area contributed by atoms with Crippen LogP contribution in [0.1, 0.15) is 32.1 Å². The third kappa shape index (κ3) is 3.15. The van der Waals surface area contributed by atoms with Gasteiger partial charge in [-0.1, -0.05) is 0 Å². The zero-order valence-corrected chi connectivity index (χ0v) is 10.7. The molecule has 0 aliphatic carbocycles. The molecule has 0 saturated carbocycles. The molecule has 1 amide bonds. The van der Waals surface area contributed by atoms with Crippen LogP contribution in [0.2, 0.25) is 0 Å². The van der Waals surface area contributed by atoms with E-state index in [1.54, 1.807) is 0 Å². The molecule has 2 aliphatic rings. The van der Waals surface area contributed by atoms with E-state index >= 15 is 0 Å². The number of hydrogen-bond donors (Lipinski definition) is 1. The van der Waals surface area contributed by atoms with Gasteiger partial charge in [0.2, 0.25) is 5.91 Å². The van der Waals surface area contributed by atoms with E-state index in [9.17, 15) is 9.59 Å². The van der Waals surface area contributed by atoms with Gasteiger partial charge >= 0.3 is 5.97 Å². The highest BCUT2D eigenvalue weighted by atomic mass is 32.2. The second kappa shape index (κ2) is 5.76. The number of carbonyl (C=O) groups is 2. The fraction of sp³-hybridized carbons (Fsp3) is 0.833. The molecule has 0 aromatic carbocycles. The Morgan fingerprint density at radius 2 is 2.12 bits per heavy atom. The van der Waals surface area contributed by atoms with Crippen LogP contribution in [0, 0.1) is 5.92 Å². The predicted molar refractivity (Wildman–Crippen MR) is 67.0 cm³/mol. The number of carboxylic acid groups (broad SMARTS) is 1. The minimum atomic E-state index is -0.796. The van der Waals surface area contributed by atoms with Crippen molar-refractivity contribution in [3.05, 3.63) is 0 Å². The van der Waals surface area contributed by atoms with Gasteiger partial charge in [0.15, 0.2) is 0 Å². The average molecular weight is 257 g/mol. The molecule has 2 aliphatic heterocycles. The van der Waals surface area contributed by atoms with Crippen LogP contribution < -0.4 is 0 Å². The van der Waals surface area contributed by atoms with Gasteiger partial charge in [-0.25, -0.2) is 0 Å². The van der Waals surface area contributed by atoms with Gasteiger partial charge in [-0.2, -0.15) is 11.8 Å². The molecule has 0 aromatic rings. The van der Waals surface area contributed by atoms with Gasteiger partial charge in [0, 0.05) is 24.3 Å². The number of rotatable bonds is 3. The predicted octanol–water partition coefficient (Wildman–Crippen LogP) is 1.60. The van der Waals surface area contributed by atoms with Crippen molar-refractivity contribution in [3.63, 3.8) is 0 Å². The number of carboxylic acids is 1. The maximum absolute atomic E-state index is 12.3. The Hall–Kier alpha value is -0.710. The summed E-state index contributed by atoms with van der Waals surface area (Å²) in [6.07, 6.45) is 3.96. The molecular formula is C12H19NO3S. The third-order valence-corrected chi connectivity index (χ3v) is 4.76. The van der Waals surface area contributed by atoms with E-state index in [4.69, 9.17) is 5.11 Å². The molecule has 1 N–H and O–H groups in total. The van der Waals surface area contributed by atoms with E-state index in [0.717, 1.165) is 43.7 Å². The highest BCUT2D eigenvalue weighted by Gasteiger charge is 2.33. The van der Waals surface area contributed by atoms with E-state index in [1.165, 1.54) is 0 Å². The van der Waals surface area contributed by atoms with Gasteiger partial charge < -0.3 is 10.0 Å². The van der Waals surface area contributed by atoms with E-state index in [2.05, 4.69) is 0 Å². The Morgan fingerprint density at radius 1 is 1.29 bits per heavy atom. The Bertz CT molecular complexity index is 302. The van der Waals surface area contributed by atoms with Crippen molar-refractivity contribution in [3.8, 4) is 0 Å². The number of hydrogen-bond acceptors (Lipinski definition) is 3. The van der Waals surface area contributed by atoms with Crippen molar-refractivity contribution in [2.75, 3.05) is 18.1 Å². The quantitative estimate of drug-likeness (QED) is 0.834. The van der Waals surface area contributed by atoms with Crippen LogP contribution in [0.15, 0.2) is 0 Å². The molecule has 2 atom stereocenters. The molecule has 0 radical (unpaired) electrons. The summed E-state index contributed by atoms with van der Waals surface area (Å²) in [6, 6.07) is -0.0700.